The molecule has 0 atom stereocenters. The van der Waals surface area contributed by atoms with Gasteiger partial charge in [0.15, 0.2) is 11.5 Å². The van der Waals surface area contributed by atoms with E-state index in [1.807, 2.05) is 43.9 Å². The van der Waals surface area contributed by atoms with Crippen LogP contribution in [0.2, 0.25) is 0 Å². The summed E-state index contributed by atoms with van der Waals surface area (Å²) in [4.78, 5) is 14.8. The number of aryl methyl sites for hydroxylation is 1. The SMILES string of the molecule is CCOc1ccc(CN(CC)CC(=O)Nc2cc(S(=O)(=O)N(C)C)ccc2C)cc1OC. The predicted octanol–water partition coefficient (Wildman–Crippen LogP) is 3.11. The van der Waals surface area contributed by atoms with Crippen LogP contribution in [0.5, 0.6) is 11.5 Å². The summed E-state index contributed by atoms with van der Waals surface area (Å²) in [6.45, 7) is 7.65. The monoisotopic (exact) mass is 463 g/mol. The molecule has 0 aliphatic heterocycles. The third-order valence-electron chi connectivity index (χ3n) is 5.01. The Balaban J connectivity index is 2.11. The molecule has 32 heavy (non-hydrogen) atoms. The van der Waals surface area contributed by atoms with Crippen molar-refractivity contribution in [2.24, 2.45) is 0 Å². The smallest absolute Gasteiger partial charge is 0.242 e. The van der Waals surface area contributed by atoms with Crippen LogP contribution in [-0.2, 0) is 21.4 Å². The molecule has 0 bridgehead atoms. The second-order valence-corrected chi connectivity index (χ2v) is 9.69. The predicted molar refractivity (Wildman–Crippen MR) is 126 cm³/mol. The largest absolute Gasteiger partial charge is 0.493 e. The summed E-state index contributed by atoms with van der Waals surface area (Å²) in [5, 5.41) is 2.85. The summed E-state index contributed by atoms with van der Waals surface area (Å²) < 4.78 is 36.9. The molecule has 0 unspecified atom stereocenters. The third-order valence-corrected chi connectivity index (χ3v) is 6.82. The molecule has 2 aromatic rings. The molecule has 0 aliphatic rings. The van der Waals surface area contributed by atoms with Gasteiger partial charge in [-0.05, 0) is 55.8 Å². The van der Waals surface area contributed by atoms with Gasteiger partial charge in [-0.2, -0.15) is 0 Å². The van der Waals surface area contributed by atoms with Crippen molar-refractivity contribution in [1.82, 2.24) is 9.21 Å². The van der Waals surface area contributed by atoms with E-state index in [2.05, 4.69) is 5.32 Å². The summed E-state index contributed by atoms with van der Waals surface area (Å²) in [5.74, 6) is 1.12. The van der Waals surface area contributed by atoms with Crippen molar-refractivity contribution in [1.29, 1.82) is 0 Å². The average molecular weight is 464 g/mol. The van der Waals surface area contributed by atoms with Crippen LogP contribution in [0.15, 0.2) is 41.3 Å². The minimum Gasteiger partial charge on any atom is -0.493 e. The molecule has 1 amide bonds. The van der Waals surface area contributed by atoms with Gasteiger partial charge in [0.05, 0.1) is 25.2 Å². The Bertz CT molecular complexity index is 1040. The topological polar surface area (TPSA) is 88.2 Å². The Morgan fingerprint density at radius 1 is 1.06 bits per heavy atom. The lowest BCUT2D eigenvalue weighted by Crippen LogP contribution is -2.33. The molecule has 2 rings (SSSR count). The number of nitrogens with zero attached hydrogens (tertiary/aromatic N) is 2. The normalized spacial score (nSPS) is 11.6. The quantitative estimate of drug-likeness (QED) is 0.551. The fourth-order valence-corrected chi connectivity index (χ4v) is 4.05. The Kier molecular flexibility index (Phi) is 9.06. The van der Waals surface area contributed by atoms with Gasteiger partial charge in [-0.25, -0.2) is 12.7 Å². The maximum absolute atomic E-state index is 12.7. The standard InChI is InChI=1S/C23H33N3O5S/c1-7-26(15-18-10-12-21(31-8-2)22(13-18)30-6)16-23(27)24-20-14-19(11-9-17(20)3)32(28,29)25(4)5/h9-14H,7-8,15-16H2,1-6H3,(H,24,27). The van der Waals surface area contributed by atoms with Crippen molar-refractivity contribution in [3.05, 3.63) is 47.5 Å². The van der Waals surface area contributed by atoms with Gasteiger partial charge in [-0.3, -0.25) is 9.69 Å². The molecule has 0 fully saturated rings. The molecule has 0 radical (unpaired) electrons. The zero-order valence-electron chi connectivity index (χ0n) is 19.6. The summed E-state index contributed by atoms with van der Waals surface area (Å²) in [7, 11) is 0.961. The van der Waals surface area contributed by atoms with Crippen molar-refractivity contribution in [2.75, 3.05) is 46.2 Å². The average Bonchev–Trinajstić information content (AvgIpc) is 2.75. The first-order chi connectivity index (χ1) is 15.1. The van der Waals surface area contributed by atoms with E-state index < -0.39 is 10.0 Å². The highest BCUT2D eigenvalue weighted by atomic mass is 32.2. The van der Waals surface area contributed by atoms with Crippen LogP contribution >= 0.6 is 0 Å². The zero-order valence-corrected chi connectivity index (χ0v) is 20.5. The van der Waals surface area contributed by atoms with E-state index in [0.717, 1.165) is 15.4 Å². The first-order valence-corrected chi connectivity index (χ1v) is 11.9. The summed E-state index contributed by atoms with van der Waals surface area (Å²) >= 11 is 0. The van der Waals surface area contributed by atoms with Crippen molar-refractivity contribution >= 4 is 21.6 Å². The Hall–Kier alpha value is -2.62. The highest BCUT2D eigenvalue weighted by Gasteiger charge is 2.19. The molecule has 2 aromatic carbocycles. The van der Waals surface area contributed by atoms with Crippen LogP contribution < -0.4 is 14.8 Å². The molecule has 0 aliphatic carbocycles. The van der Waals surface area contributed by atoms with Crippen LogP contribution in [0.25, 0.3) is 0 Å². The maximum atomic E-state index is 12.7. The van der Waals surface area contributed by atoms with Crippen molar-refractivity contribution in [2.45, 2.75) is 32.2 Å². The van der Waals surface area contributed by atoms with Gasteiger partial charge in [-0.1, -0.05) is 19.1 Å². The zero-order chi connectivity index (χ0) is 23.9. The fourth-order valence-electron chi connectivity index (χ4n) is 3.12. The molecule has 1 N–H and O–H groups in total. The first kappa shape index (κ1) is 25.6. The van der Waals surface area contributed by atoms with Crippen LogP contribution in [0.3, 0.4) is 0 Å². The molecule has 8 nitrogen and oxygen atoms in total. The number of anilines is 1. The third kappa shape index (κ3) is 6.44. The van der Waals surface area contributed by atoms with Gasteiger partial charge in [0.1, 0.15) is 0 Å². The molecule has 0 spiro atoms. The molecular formula is C23H33N3O5S. The number of methoxy groups -OCH3 is 1. The number of nitrogens with one attached hydrogen (secondary N) is 1. The minimum atomic E-state index is -3.59. The van der Waals surface area contributed by atoms with E-state index >= 15 is 0 Å². The number of carbonyl (C=O) groups excluding carboxylic acids is 1. The number of rotatable bonds is 11. The number of carbonyl (C=O) groups is 1. The highest BCUT2D eigenvalue weighted by Crippen LogP contribution is 2.28. The van der Waals surface area contributed by atoms with Crippen LogP contribution in [0, 0.1) is 6.92 Å². The van der Waals surface area contributed by atoms with Gasteiger partial charge in [0, 0.05) is 26.3 Å². The number of amides is 1. The van der Waals surface area contributed by atoms with E-state index in [9.17, 15) is 13.2 Å². The van der Waals surface area contributed by atoms with E-state index in [0.29, 0.717) is 36.9 Å². The number of ether oxygens (including phenoxy) is 2. The molecule has 0 heterocycles. The Morgan fingerprint density at radius 2 is 1.78 bits per heavy atom. The fraction of sp³-hybridized carbons (Fsp3) is 0.435. The molecule has 0 saturated carbocycles. The van der Waals surface area contributed by atoms with Crippen molar-refractivity contribution < 1.29 is 22.7 Å². The van der Waals surface area contributed by atoms with Crippen molar-refractivity contribution in [3.8, 4) is 11.5 Å². The van der Waals surface area contributed by atoms with Crippen molar-refractivity contribution in [3.63, 3.8) is 0 Å². The molecule has 9 heteroatoms. The first-order valence-electron chi connectivity index (χ1n) is 10.5. The lowest BCUT2D eigenvalue weighted by Gasteiger charge is -2.21. The van der Waals surface area contributed by atoms with Gasteiger partial charge in [0.25, 0.3) is 0 Å². The lowest BCUT2D eigenvalue weighted by atomic mass is 10.2. The van der Waals surface area contributed by atoms with E-state index in [4.69, 9.17) is 9.47 Å². The second kappa shape index (κ2) is 11.3. The van der Waals surface area contributed by atoms with Gasteiger partial charge >= 0.3 is 0 Å². The highest BCUT2D eigenvalue weighted by molar-refractivity contribution is 7.89. The molecule has 176 valence electrons. The molecule has 0 saturated heterocycles. The van der Waals surface area contributed by atoms with E-state index in [1.54, 1.807) is 13.2 Å². The summed E-state index contributed by atoms with van der Waals surface area (Å²) in [6, 6.07) is 10.5. The lowest BCUT2D eigenvalue weighted by molar-refractivity contribution is -0.117. The van der Waals surface area contributed by atoms with Gasteiger partial charge in [0.2, 0.25) is 15.9 Å². The number of hydrogen-bond acceptors (Lipinski definition) is 6. The number of sulfonamides is 1. The van der Waals surface area contributed by atoms with E-state index in [1.165, 1.54) is 26.2 Å². The maximum Gasteiger partial charge on any atom is 0.242 e. The number of likely N-dealkylation sites (N-methyl/N-ethyl adjacent to an activating group) is 1. The van der Waals surface area contributed by atoms with Crippen LogP contribution in [0.4, 0.5) is 5.69 Å². The molecular weight excluding hydrogens is 430 g/mol. The Labute approximate surface area is 191 Å². The summed E-state index contributed by atoms with van der Waals surface area (Å²) in [5.41, 5.74) is 2.27. The van der Waals surface area contributed by atoms with E-state index in [-0.39, 0.29) is 17.3 Å². The van der Waals surface area contributed by atoms with Gasteiger partial charge < -0.3 is 14.8 Å². The summed E-state index contributed by atoms with van der Waals surface area (Å²) in [6.07, 6.45) is 0. The van der Waals surface area contributed by atoms with Gasteiger partial charge in [-0.15, -0.1) is 0 Å². The molecule has 0 aromatic heterocycles. The van der Waals surface area contributed by atoms with Crippen LogP contribution in [-0.4, -0.2) is 64.4 Å². The number of hydrogen-bond donors (Lipinski definition) is 1. The number of benzene rings is 2. The Morgan fingerprint density at radius 3 is 2.38 bits per heavy atom. The van der Waals surface area contributed by atoms with Crippen LogP contribution in [0.1, 0.15) is 25.0 Å². The second-order valence-electron chi connectivity index (χ2n) is 7.53. The minimum absolute atomic E-state index is 0.136.